The van der Waals surface area contributed by atoms with Gasteiger partial charge in [0.05, 0.1) is 6.04 Å². The fraction of sp³-hybridized carbons (Fsp3) is 0.500. The first-order valence-electron chi connectivity index (χ1n) is 6.22. The Balaban J connectivity index is 2.52. The van der Waals surface area contributed by atoms with Gasteiger partial charge in [-0.15, -0.1) is 0 Å². The molecule has 0 heterocycles. The van der Waals surface area contributed by atoms with Crippen LogP contribution in [0.15, 0.2) is 24.3 Å². The summed E-state index contributed by atoms with van der Waals surface area (Å²) < 4.78 is 10.4. The SMILES string of the molecule is CNC(=O)c1ccc(CNC(C)C(OC)OC)cc1. The molecule has 0 aromatic heterocycles. The standard InChI is InChI=1S/C14H22N2O3/c1-10(14(18-3)19-4)16-9-11-5-7-12(8-6-11)13(17)15-2/h5-8,10,14,16H,9H2,1-4H3,(H,15,17). The van der Waals surface area contributed by atoms with E-state index in [0.717, 1.165) is 5.56 Å². The van der Waals surface area contributed by atoms with Crippen molar-refractivity contribution in [3.05, 3.63) is 35.4 Å². The molecular formula is C14H22N2O3. The van der Waals surface area contributed by atoms with Crippen molar-refractivity contribution in [1.82, 2.24) is 10.6 Å². The summed E-state index contributed by atoms with van der Waals surface area (Å²) in [5.74, 6) is -0.0771. The highest BCUT2D eigenvalue weighted by Gasteiger charge is 2.14. The average molecular weight is 266 g/mol. The van der Waals surface area contributed by atoms with Gasteiger partial charge in [0, 0.05) is 33.4 Å². The normalized spacial score (nSPS) is 12.5. The second-order valence-electron chi connectivity index (χ2n) is 4.29. The molecule has 0 aliphatic rings. The summed E-state index contributed by atoms with van der Waals surface area (Å²) in [6, 6.07) is 7.56. The number of hydrogen-bond donors (Lipinski definition) is 2. The fourth-order valence-corrected chi connectivity index (χ4v) is 1.80. The van der Waals surface area contributed by atoms with Gasteiger partial charge < -0.3 is 20.1 Å². The van der Waals surface area contributed by atoms with Crippen molar-refractivity contribution in [3.8, 4) is 0 Å². The Kier molecular flexibility index (Phi) is 6.49. The van der Waals surface area contributed by atoms with Crippen LogP contribution < -0.4 is 10.6 Å². The molecule has 5 heteroatoms. The highest BCUT2D eigenvalue weighted by molar-refractivity contribution is 5.93. The van der Waals surface area contributed by atoms with Gasteiger partial charge in [0.2, 0.25) is 0 Å². The Hall–Kier alpha value is -1.43. The highest BCUT2D eigenvalue weighted by atomic mass is 16.7. The van der Waals surface area contributed by atoms with Crippen molar-refractivity contribution in [2.45, 2.75) is 25.8 Å². The van der Waals surface area contributed by atoms with Crippen LogP contribution in [0, 0.1) is 0 Å². The molecule has 1 rings (SSSR count). The van der Waals surface area contributed by atoms with Gasteiger partial charge >= 0.3 is 0 Å². The number of amides is 1. The maximum Gasteiger partial charge on any atom is 0.251 e. The Morgan fingerprint density at radius 3 is 2.26 bits per heavy atom. The zero-order valence-corrected chi connectivity index (χ0v) is 11.9. The van der Waals surface area contributed by atoms with Crippen LogP contribution in [-0.2, 0) is 16.0 Å². The summed E-state index contributed by atoms with van der Waals surface area (Å²) in [6.07, 6.45) is -0.273. The first-order valence-corrected chi connectivity index (χ1v) is 6.22. The van der Waals surface area contributed by atoms with Gasteiger partial charge in [-0.3, -0.25) is 4.79 Å². The van der Waals surface area contributed by atoms with E-state index < -0.39 is 0 Å². The quantitative estimate of drug-likeness (QED) is 0.727. The van der Waals surface area contributed by atoms with Gasteiger partial charge in [-0.2, -0.15) is 0 Å². The molecule has 0 spiro atoms. The number of nitrogens with one attached hydrogen (secondary N) is 2. The molecule has 2 N–H and O–H groups in total. The largest absolute Gasteiger partial charge is 0.355 e. The van der Waals surface area contributed by atoms with Crippen LogP contribution in [0.3, 0.4) is 0 Å². The monoisotopic (exact) mass is 266 g/mol. The van der Waals surface area contributed by atoms with Crippen LogP contribution in [0.2, 0.25) is 0 Å². The zero-order chi connectivity index (χ0) is 14.3. The Labute approximate surface area is 114 Å². The van der Waals surface area contributed by atoms with Gasteiger partial charge in [-0.05, 0) is 24.6 Å². The third kappa shape index (κ3) is 4.63. The topological polar surface area (TPSA) is 59.6 Å². The number of hydrogen-bond acceptors (Lipinski definition) is 4. The van der Waals surface area contributed by atoms with E-state index in [2.05, 4.69) is 10.6 Å². The van der Waals surface area contributed by atoms with Crippen molar-refractivity contribution >= 4 is 5.91 Å². The summed E-state index contributed by atoms with van der Waals surface area (Å²) in [5.41, 5.74) is 1.76. The minimum absolute atomic E-state index is 0.0771. The molecular weight excluding hydrogens is 244 g/mol. The summed E-state index contributed by atoms with van der Waals surface area (Å²) in [4.78, 5) is 11.4. The zero-order valence-electron chi connectivity index (χ0n) is 11.9. The molecule has 1 atom stereocenters. The van der Waals surface area contributed by atoms with Crippen LogP contribution in [0.5, 0.6) is 0 Å². The Morgan fingerprint density at radius 1 is 1.21 bits per heavy atom. The molecule has 0 fully saturated rings. The first kappa shape index (κ1) is 15.6. The molecule has 1 aromatic carbocycles. The van der Waals surface area contributed by atoms with Gasteiger partial charge in [0.1, 0.15) is 0 Å². The molecule has 1 aromatic rings. The lowest BCUT2D eigenvalue weighted by atomic mass is 10.1. The summed E-state index contributed by atoms with van der Waals surface area (Å²) >= 11 is 0. The molecule has 0 radical (unpaired) electrons. The van der Waals surface area contributed by atoms with E-state index in [9.17, 15) is 4.79 Å². The van der Waals surface area contributed by atoms with Gasteiger partial charge in [0.25, 0.3) is 5.91 Å². The van der Waals surface area contributed by atoms with E-state index >= 15 is 0 Å². The lowest BCUT2D eigenvalue weighted by Crippen LogP contribution is -2.39. The third-order valence-corrected chi connectivity index (χ3v) is 2.94. The van der Waals surface area contributed by atoms with E-state index in [-0.39, 0.29) is 18.2 Å². The Bertz CT molecular complexity index is 388. The van der Waals surface area contributed by atoms with Crippen molar-refractivity contribution in [1.29, 1.82) is 0 Å². The van der Waals surface area contributed by atoms with Crippen LogP contribution in [0.25, 0.3) is 0 Å². The van der Waals surface area contributed by atoms with Crippen molar-refractivity contribution in [3.63, 3.8) is 0 Å². The van der Waals surface area contributed by atoms with Gasteiger partial charge in [-0.1, -0.05) is 12.1 Å². The molecule has 0 bridgehead atoms. The highest BCUT2D eigenvalue weighted by Crippen LogP contribution is 2.06. The van der Waals surface area contributed by atoms with Crippen LogP contribution in [-0.4, -0.2) is 39.5 Å². The fourth-order valence-electron chi connectivity index (χ4n) is 1.80. The number of benzene rings is 1. The van der Waals surface area contributed by atoms with E-state index in [0.29, 0.717) is 12.1 Å². The molecule has 1 amide bonds. The first-order chi connectivity index (χ1) is 9.12. The van der Waals surface area contributed by atoms with Crippen molar-refractivity contribution < 1.29 is 14.3 Å². The van der Waals surface area contributed by atoms with Gasteiger partial charge in [0.15, 0.2) is 6.29 Å². The predicted molar refractivity (Wildman–Crippen MR) is 73.9 cm³/mol. The number of methoxy groups -OCH3 is 2. The number of carbonyl (C=O) groups is 1. The smallest absolute Gasteiger partial charge is 0.251 e. The minimum Gasteiger partial charge on any atom is -0.355 e. The molecule has 0 aliphatic carbocycles. The second kappa shape index (κ2) is 7.89. The molecule has 106 valence electrons. The summed E-state index contributed by atoms with van der Waals surface area (Å²) in [5, 5.41) is 5.91. The van der Waals surface area contributed by atoms with E-state index in [4.69, 9.17) is 9.47 Å². The minimum atomic E-state index is -0.273. The summed E-state index contributed by atoms with van der Waals surface area (Å²) in [6.45, 7) is 2.69. The Morgan fingerprint density at radius 2 is 1.79 bits per heavy atom. The third-order valence-electron chi connectivity index (χ3n) is 2.94. The second-order valence-corrected chi connectivity index (χ2v) is 4.29. The molecule has 5 nitrogen and oxygen atoms in total. The van der Waals surface area contributed by atoms with E-state index in [1.165, 1.54) is 0 Å². The van der Waals surface area contributed by atoms with E-state index in [1.54, 1.807) is 21.3 Å². The maximum absolute atomic E-state index is 11.4. The molecule has 0 saturated carbocycles. The maximum atomic E-state index is 11.4. The molecule has 19 heavy (non-hydrogen) atoms. The molecule has 0 saturated heterocycles. The van der Waals surface area contributed by atoms with Crippen LogP contribution >= 0.6 is 0 Å². The van der Waals surface area contributed by atoms with Crippen molar-refractivity contribution in [2.75, 3.05) is 21.3 Å². The predicted octanol–water partition coefficient (Wildman–Crippen LogP) is 1.14. The van der Waals surface area contributed by atoms with Crippen molar-refractivity contribution in [2.24, 2.45) is 0 Å². The number of carbonyl (C=O) groups excluding carboxylic acids is 1. The number of rotatable bonds is 7. The summed E-state index contributed by atoms with van der Waals surface area (Å²) in [7, 11) is 4.85. The van der Waals surface area contributed by atoms with E-state index in [1.807, 2.05) is 31.2 Å². The van der Waals surface area contributed by atoms with Crippen LogP contribution in [0.1, 0.15) is 22.8 Å². The lowest BCUT2D eigenvalue weighted by molar-refractivity contribution is -0.119. The van der Waals surface area contributed by atoms with Crippen LogP contribution in [0.4, 0.5) is 0 Å². The van der Waals surface area contributed by atoms with Gasteiger partial charge in [-0.25, -0.2) is 0 Å². The average Bonchev–Trinajstić information content (AvgIpc) is 2.46. The number of ether oxygens (including phenoxy) is 2. The lowest BCUT2D eigenvalue weighted by Gasteiger charge is -2.22. The molecule has 0 aliphatic heterocycles. The molecule has 1 unspecified atom stereocenters.